The van der Waals surface area contributed by atoms with Crippen LogP contribution in [0.2, 0.25) is 5.02 Å². The van der Waals surface area contributed by atoms with E-state index in [1.807, 2.05) is 25.1 Å². The summed E-state index contributed by atoms with van der Waals surface area (Å²) in [4.78, 5) is 2.15. The summed E-state index contributed by atoms with van der Waals surface area (Å²) in [6.45, 7) is 7.75. The van der Waals surface area contributed by atoms with Gasteiger partial charge in [0.2, 0.25) is 0 Å². The second-order valence-corrected chi connectivity index (χ2v) is 5.80. The van der Waals surface area contributed by atoms with Crippen LogP contribution in [0.3, 0.4) is 0 Å². The number of rotatable bonds is 1. The average Bonchev–Trinajstić information content (AvgIpc) is 2.33. The number of ether oxygens (including phenoxy) is 1. The molecule has 1 aliphatic rings. The molecule has 0 aromatic heterocycles. The van der Waals surface area contributed by atoms with Crippen molar-refractivity contribution < 1.29 is 4.74 Å². The van der Waals surface area contributed by atoms with E-state index in [2.05, 4.69) is 24.1 Å². The molecule has 2 rings (SSSR count). The van der Waals surface area contributed by atoms with Gasteiger partial charge in [0, 0.05) is 23.8 Å². The van der Waals surface area contributed by atoms with Crippen molar-refractivity contribution in [1.29, 1.82) is 0 Å². The number of nitrogens with one attached hydrogen (secondary N) is 1. The normalized spacial score (nSPS) is 23.3. The molecule has 1 saturated heterocycles. The van der Waals surface area contributed by atoms with Gasteiger partial charge >= 0.3 is 0 Å². The summed E-state index contributed by atoms with van der Waals surface area (Å²) >= 11 is 11.6. The van der Waals surface area contributed by atoms with Gasteiger partial charge in [-0.25, -0.2) is 0 Å². The standard InChI is InChI=1S/C14H19ClN2OS/c1-9-7-17(8-10(2)18-9)14(19)16-13-6-4-5-12(15)11(13)3/h4-6,9-10H,7-8H2,1-3H3,(H,16,19)/t9-,10-/m0/s1. The lowest BCUT2D eigenvalue weighted by atomic mass is 10.2. The highest BCUT2D eigenvalue weighted by atomic mass is 35.5. The van der Waals surface area contributed by atoms with E-state index in [9.17, 15) is 0 Å². The molecule has 0 bridgehead atoms. The zero-order valence-electron chi connectivity index (χ0n) is 11.4. The minimum Gasteiger partial charge on any atom is -0.372 e. The molecule has 0 spiro atoms. The Morgan fingerprint density at radius 3 is 2.63 bits per heavy atom. The Morgan fingerprint density at radius 2 is 2.00 bits per heavy atom. The Labute approximate surface area is 124 Å². The van der Waals surface area contributed by atoms with E-state index in [0.29, 0.717) is 0 Å². The Bertz CT molecular complexity index is 471. The minimum absolute atomic E-state index is 0.198. The summed E-state index contributed by atoms with van der Waals surface area (Å²) in [5, 5.41) is 4.76. The molecule has 1 heterocycles. The molecule has 19 heavy (non-hydrogen) atoms. The molecule has 104 valence electrons. The first-order valence-electron chi connectivity index (χ1n) is 6.44. The van der Waals surface area contributed by atoms with Crippen molar-refractivity contribution in [1.82, 2.24) is 4.90 Å². The van der Waals surface area contributed by atoms with Crippen molar-refractivity contribution in [3.63, 3.8) is 0 Å². The molecule has 0 radical (unpaired) electrons. The molecule has 2 atom stereocenters. The van der Waals surface area contributed by atoms with Crippen LogP contribution in [0.5, 0.6) is 0 Å². The van der Waals surface area contributed by atoms with Crippen LogP contribution in [-0.2, 0) is 4.74 Å². The van der Waals surface area contributed by atoms with Gasteiger partial charge in [0.05, 0.1) is 12.2 Å². The highest BCUT2D eigenvalue weighted by Gasteiger charge is 2.24. The molecule has 1 aromatic carbocycles. The van der Waals surface area contributed by atoms with Crippen molar-refractivity contribution in [3.8, 4) is 0 Å². The first-order valence-corrected chi connectivity index (χ1v) is 7.22. The van der Waals surface area contributed by atoms with E-state index in [-0.39, 0.29) is 12.2 Å². The summed E-state index contributed by atoms with van der Waals surface area (Å²) in [5.74, 6) is 0. The summed E-state index contributed by atoms with van der Waals surface area (Å²) in [6, 6.07) is 5.79. The molecular formula is C14H19ClN2OS. The molecule has 1 fully saturated rings. The zero-order valence-corrected chi connectivity index (χ0v) is 13.0. The van der Waals surface area contributed by atoms with Crippen molar-refractivity contribution in [2.75, 3.05) is 18.4 Å². The van der Waals surface area contributed by atoms with Gasteiger partial charge in [-0.2, -0.15) is 0 Å². The predicted molar refractivity (Wildman–Crippen MR) is 84.0 cm³/mol. The Balaban J connectivity index is 2.06. The van der Waals surface area contributed by atoms with Crippen LogP contribution in [0.4, 0.5) is 5.69 Å². The maximum Gasteiger partial charge on any atom is 0.173 e. The van der Waals surface area contributed by atoms with E-state index in [4.69, 9.17) is 28.6 Å². The predicted octanol–water partition coefficient (Wildman–Crippen LogP) is 3.45. The first-order chi connectivity index (χ1) is 8.97. The smallest absolute Gasteiger partial charge is 0.173 e. The lowest BCUT2D eigenvalue weighted by Crippen LogP contribution is -2.49. The fraction of sp³-hybridized carbons (Fsp3) is 0.500. The number of halogens is 1. The van der Waals surface area contributed by atoms with Crippen molar-refractivity contribution in [3.05, 3.63) is 28.8 Å². The van der Waals surface area contributed by atoms with Crippen LogP contribution in [-0.4, -0.2) is 35.3 Å². The largest absolute Gasteiger partial charge is 0.372 e. The van der Waals surface area contributed by atoms with Gasteiger partial charge in [0.15, 0.2) is 5.11 Å². The van der Waals surface area contributed by atoms with E-state index in [1.54, 1.807) is 0 Å². The second-order valence-electron chi connectivity index (χ2n) is 5.00. The number of thiocarbonyl (C=S) groups is 1. The van der Waals surface area contributed by atoms with Crippen LogP contribution in [0.1, 0.15) is 19.4 Å². The number of anilines is 1. The topological polar surface area (TPSA) is 24.5 Å². The molecule has 1 aliphatic heterocycles. The molecule has 5 heteroatoms. The lowest BCUT2D eigenvalue weighted by molar-refractivity contribution is -0.0473. The SMILES string of the molecule is Cc1c(Cl)cccc1NC(=S)N1C[C@H](C)O[C@@H](C)C1. The van der Waals surface area contributed by atoms with E-state index >= 15 is 0 Å². The molecule has 0 amide bonds. The van der Waals surface area contributed by atoms with E-state index in [1.165, 1.54) is 0 Å². The molecule has 0 aliphatic carbocycles. The molecular weight excluding hydrogens is 280 g/mol. The minimum atomic E-state index is 0.198. The zero-order chi connectivity index (χ0) is 14.0. The Morgan fingerprint density at radius 1 is 1.37 bits per heavy atom. The van der Waals surface area contributed by atoms with Gasteiger partial charge in [-0.1, -0.05) is 17.7 Å². The van der Waals surface area contributed by atoms with Gasteiger partial charge in [-0.05, 0) is 50.7 Å². The Kier molecular flexibility index (Phi) is 4.66. The summed E-state index contributed by atoms with van der Waals surface area (Å²) < 4.78 is 5.71. The lowest BCUT2D eigenvalue weighted by Gasteiger charge is -2.37. The van der Waals surface area contributed by atoms with Crippen LogP contribution in [0.25, 0.3) is 0 Å². The molecule has 1 aromatic rings. The number of benzene rings is 1. The second kappa shape index (κ2) is 6.07. The fourth-order valence-electron chi connectivity index (χ4n) is 2.28. The third-order valence-corrected chi connectivity index (χ3v) is 3.99. The van der Waals surface area contributed by atoms with Crippen LogP contribution in [0.15, 0.2) is 18.2 Å². The monoisotopic (exact) mass is 298 g/mol. The highest BCUT2D eigenvalue weighted by molar-refractivity contribution is 7.80. The summed E-state index contributed by atoms with van der Waals surface area (Å²) in [5.41, 5.74) is 1.98. The third kappa shape index (κ3) is 3.59. The first kappa shape index (κ1) is 14.6. The summed E-state index contributed by atoms with van der Waals surface area (Å²) in [7, 11) is 0. The van der Waals surface area contributed by atoms with Gasteiger partial charge in [0.25, 0.3) is 0 Å². The number of morpholine rings is 1. The summed E-state index contributed by atoms with van der Waals surface area (Å²) in [6.07, 6.45) is 0.396. The van der Waals surface area contributed by atoms with Crippen LogP contribution in [0, 0.1) is 6.92 Å². The van der Waals surface area contributed by atoms with Gasteiger partial charge < -0.3 is 15.0 Å². The van der Waals surface area contributed by atoms with Crippen LogP contribution >= 0.6 is 23.8 Å². The molecule has 1 N–H and O–H groups in total. The number of hydrogen-bond acceptors (Lipinski definition) is 2. The van der Waals surface area contributed by atoms with Crippen molar-refractivity contribution >= 4 is 34.6 Å². The maximum absolute atomic E-state index is 6.11. The molecule has 3 nitrogen and oxygen atoms in total. The van der Waals surface area contributed by atoms with Gasteiger partial charge in [0.1, 0.15) is 0 Å². The van der Waals surface area contributed by atoms with Crippen molar-refractivity contribution in [2.24, 2.45) is 0 Å². The maximum atomic E-state index is 6.11. The number of hydrogen-bond donors (Lipinski definition) is 1. The van der Waals surface area contributed by atoms with Gasteiger partial charge in [-0.3, -0.25) is 0 Å². The third-order valence-electron chi connectivity index (χ3n) is 3.22. The van der Waals surface area contributed by atoms with Crippen molar-refractivity contribution in [2.45, 2.75) is 33.0 Å². The van der Waals surface area contributed by atoms with Crippen LogP contribution < -0.4 is 5.32 Å². The van der Waals surface area contributed by atoms with E-state index < -0.39 is 0 Å². The average molecular weight is 299 g/mol. The fourth-order valence-corrected chi connectivity index (χ4v) is 2.71. The highest BCUT2D eigenvalue weighted by Crippen LogP contribution is 2.23. The number of nitrogens with zero attached hydrogens (tertiary/aromatic N) is 1. The molecule has 0 saturated carbocycles. The van der Waals surface area contributed by atoms with Gasteiger partial charge in [-0.15, -0.1) is 0 Å². The Hall–Kier alpha value is -0.840. The quantitative estimate of drug-likeness (QED) is 0.803. The van der Waals surface area contributed by atoms with E-state index in [0.717, 1.165) is 34.5 Å². The molecule has 0 unspecified atom stereocenters.